The van der Waals surface area contributed by atoms with E-state index in [0.29, 0.717) is 6.61 Å². The molecule has 2 fully saturated rings. The van der Waals surface area contributed by atoms with Gasteiger partial charge in [0.05, 0.1) is 19.8 Å². The van der Waals surface area contributed by atoms with Gasteiger partial charge in [0, 0.05) is 6.61 Å². The molecule has 2 aliphatic heterocycles. The Labute approximate surface area is 77.2 Å². The number of rotatable bonds is 4. The monoisotopic (exact) mass is 192 g/mol. The van der Waals surface area contributed by atoms with Crippen LogP contribution in [0, 0.1) is 0 Å². The van der Waals surface area contributed by atoms with Crippen LogP contribution >= 0.6 is 0 Å². The van der Waals surface area contributed by atoms with E-state index in [4.69, 9.17) is 24.4 Å². The van der Waals surface area contributed by atoms with E-state index in [1.807, 2.05) is 0 Å². The van der Waals surface area contributed by atoms with Crippen LogP contribution in [-0.4, -0.2) is 55.1 Å². The van der Waals surface area contributed by atoms with Gasteiger partial charge in [0.15, 0.2) is 6.29 Å². The van der Waals surface area contributed by atoms with Gasteiger partial charge in [-0.05, 0) is 6.92 Å². The van der Waals surface area contributed by atoms with Gasteiger partial charge in [-0.1, -0.05) is 0 Å². The van der Waals surface area contributed by atoms with Crippen molar-refractivity contribution in [2.24, 2.45) is 0 Å². The molecule has 5 heteroatoms. The van der Waals surface area contributed by atoms with Crippen molar-refractivity contribution < 1.29 is 24.4 Å². The van der Waals surface area contributed by atoms with Crippen molar-refractivity contribution in [3.63, 3.8) is 0 Å². The van der Waals surface area contributed by atoms with E-state index in [1.54, 1.807) is 6.92 Å². The molecule has 0 aromatic heterocycles. The van der Waals surface area contributed by atoms with Crippen molar-refractivity contribution in [2.75, 3.05) is 26.4 Å². The maximum absolute atomic E-state index is 8.52. The molecule has 0 spiro atoms. The van der Waals surface area contributed by atoms with Crippen LogP contribution in [0.25, 0.3) is 0 Å². The molecule has 0 amide bonds. The van der Waals surface area contributed by atoms with Crippen molar-refractivity contribution >= 4 is 0 Å². The van der Waals surface area contributed by atoms with E-state index in [-0.39, 0.29) is 31.7 Å². The van der Waals surface area contributed by atoms with Crippen LogP contribution in [0.1, 0.15) is 6.92 Å². The van der Waals surface area contributed by atoms with Crippen LogP contribution in [0.3, 0.4) is 0 Å². The fourth-order valence-electron chi connectivity index (χ4n) is 0.769. The quantitative estimate of drug-likeness (QED) is 0.566. The molecule has 2 rings (SSSR count). The molecule has 0 aromatic rings. The number of aliphatic hydroxyl groups is 2. The van der Waals surface area contributed by atoms with E-state index in [1.165, 1.54) is 0 Å². The van der Waals surface area contributed by atoms with Crippen LogP contribution in [0.4, 0.5) is 0 Å². The highest BCUT2D eigenvalue weighted by molar-refractivity contribution is 4.77. The van der Waals surface area contributed by atoms with Crippen molar-refractivity contribution in [2.45, 2.75) is 25.4 Å². The van der Waals surface area contributed by atoms with Gasteiger partial charge in [-0.15, -0.1) is 0 Å². The van der Waals surface area contributed by atoms with Gasteiger partial charge in [0.25, 0.3) is 0 Å². The Hall–Kier alpha value is -0.200. The molecule has 13 heavy (non-hydrogen) atoms. The molecule has 3 unspecified atom stereocenters. The van der Waals surface area contributed by atoms with E-state index in [9.17, 15) is 0 Å². The van der Waals surface area contributed by atoms with Gasteiger partial charge < -0.3 is 24.4 Å². The Morgan fingerprint density at radius 3 is 2.46 bits per heavy atom. The first-order valence-electron chi connectivity index (χ1n) is 4.42. The molecule has 0 bridgehead atoms. The lowest BCUT2D eigenvalue weighted by Crippen LogP contribution is -2.08. The second-order valence-corrected chi connectivity index (χ2v) is 2.83. The van der Waals surface area contributed by atoms with Gasteiger partial charge in [0.1, 0.15) is 12.2 Å². The van der Waals surface area contributed by atoms with Gasteiger partial charge in [0.2, 0.25) is 0 Å². The third-order valence-electron chi connectivity index (χ3n) is 1.56. The molecule has 5 nitrogen and oxygen atoms in total. The lowest BCUT2D eigenvalue weighted by molar-refractivity contribution is 0.0405. The lowest BCUT2D eigenvalue weighted by atomic mass is 10.5. The van der Waals surface area contributed by atoms with Crippen molar-refractivity contribution in [1.29, 1.82) is 0 Å². The second kappa shape index (κ2) is 5.51. The molecule has 2 heterocycles. The molecule has 2 N–H and O–H groups in total. The van der Waals surface area contributed by atoms with Crippen LogP contribution in [-0.2, 0) is 14.2 Å². The fraction of sp³-hybridized carbons (Fsp3) is 1.00. The summed E-state index contributed by atoms with van der Waals surface area (Å²) in [5.41, 5.74) is 0. The topological polar surface area (TPSA) is 74.8 Å². The first-order chi connectivity index (χ1) is 6.31. The van der Waals surface area contributed by atoms with Gasteiger partial charge in [-0.2, -0.15) is 0 Å². The van der Waals surface area contributed by atoms with Crippen molar-refractivity contribution in [3.05, 3.63) is 0 Å². The summed E-state index contributed by atoms with van der Waals surface area (Å²) in [6.07, 6.45) is 0.0245. The van der Waals surface area contributed by atoms with Crippen LogP contribution in [0.5, 0.6) is 0 Å². The standard InChI is InChI=1S/C6H10O4.C2H6O/c7-1-5-6(10-5)9-3-4-2-8-4;1-2-3/h4-7H,1-3H2;3H,2H2,1H3. The highest BCUT2D eigenvalue weighted by Crippen LogP contribution is 2.23. The number of epoxide rings is 2. The Morgan fingerprint density at radius 1 is 1.46 bits per heavy atom. The zero-order valence-electron chi connectivity index (χ0n) is 7.68. The molecule has 0 radical (unpaired) electrons. The summed E-state index contributed by atoms with van der Waals surface area (Å²) >= 11 is 0. The first kappa shape index (κ1) is 10.9. The summed E-state index contributed by atoms with van der Waals surface area (Å²) < 4.78 is 15.0. The lowest BCUT2D eigenvalue weighted by Gasteiger charge is -1.93. The molecule has 3 atom stereocenters. The number of hydrogen-bond acceptors (Lipinski definition) is 5. The third kappa shape index (κ3) is 4.54. The summed E-state index contributed by atoms with van der Waals surface area (Å²) in [4.78, 5) is 0. The molecule has 0 aromatic carbocycles. The minimum atomic E-state index is -0.172. The highest BCUT2D eigenvalue weighted by atomic mass is 16.8. The van der Waals surface area contributed by atoms with Gasteiger partial charge >= 0.3 is 0 Å². The molecular weight excluding hydrogens is 176 g/mol. The molecule has 2 aliphatic rings. The normalized spacial score (nSPS) is 34.8. The fourth-order valence-corrected chi connectivity index (χ4v) is 0.769. The van der Waals surface area contributed by atoms with Crippen LogP contribution < -0.4 is 0 Å². The van der Waals surface area contributed by atoms with E-state index < -0.39 is 0 Å². The average molecular weight is 192 g/mol. The van der Waals surface area contributed by atoms with Crippen molar-refractivity contribution in [3.8, 4) is 0 Å². The largest absolute Gasteiger partial charge is 0.397 e. The number of hydrogen-bond donors (Lipinski definition) is 2. The molecule has 0 saturated carbocycles. The molecule has 0 aliphatic carbocycles. The Balaban J connectivity index is 0.000000251. The summed E-state index contributed by atoms with van der Waals surface area (Å²) in [5, 5.41) is 16.1. The summed E-state index contributed by atoms with van der Waals surface area (Å²) in [6, 6.07) is 0. The second-order valence-electron chi connectivity index (χ2n) is 2.83. The minimum Gasteiger partial charge on any atom is -0.397 e. The van der Waals surface area contributed by atoms with E-state index in [0.717, 1.165) is 6.61 Å². The van der Waals surface area contributed by atoms with Gasteiger partial charge in [-0.3, -0.25) is 0 Å². The van der Waals surface area contributed by atoms with E-state index >= 15 is 0 Å². The minimum absolute atomic E-state index is 0.0518. The molecule has 2 saturated heterocycles. The predicted octanol–water partition coefficient (Wildman–Crippen LogP) is -0.882. The molecule has 78 valence electrons. The zero-order valence-corrected chi connectivity index (χ0v) is 7.68. The average Bonchev–Trinajstić information content (AvgIpc) is 3.00. The smallest absolute Gasteiger partial charge is 0.186 e. The SMILES string of the molecule is CCO.OCC1OC1OCC1CO1. The van der Waals surface area contributed by atoms with Crippen LogP contribution in [0.2, 0.25) is 0 Å². The van der Waals surface area contributed by atoms with Crippen LogP contribution in [0.15, 0.2) is 0 Å². The zero-order chi connectivity index (χ0) is 9.68. The Morgan fingerprint density at radius 2 is 2.08 bits per heavy atom. The summed E-state index contributed by atoms with van der Waals surface area (Å²) in [7, 11) is 0. The maximum atomic E-state index is 8.52. The Bertz CT molecular complexity index is 136. The van der Waals surface area contributed by atoms with E-state index in [2.05, 4.69) is 0 Å². The van der Waals surface area contributed by atoms with Gasteiger partial charge in [-0.25, -0.2) is 0 Å². The number of aliphatic hydroxyl groups excluding tert-OH is 2. The summed E-state index contributed by atoms with van der Waals surface area (Å²) in [5.74, 6) is 0. The summed E-state index contributed by atoms with van der Waals surface area (Å²) in [6.45, 7) is 3.38. The third-order valence-corrected chi connectivity index (χ3v) is 1.56. The molecular formula is C8H16O5. The first-order valence-corrected chi connectivity index (χ1v) is 4.42. The maximum Gasteiger partial charge on any atom is 0.186 e. The van der Waals surface area contributed by atoms with Crippen molar-refractivity contribution in [1.82, 2.24) is 0 Å². The highest BCUT2D eigenvalue weighted by Gasteiger charge is 2.40. The predicted molar refractivity (Wildman–Crippen MR) is 44.2 cm³/mol. The number of ether oxygens (including phenoxy) is 3. The Kier molecular flexibility index (Phi) is 4.61.